The van der Waals surface area contributed by atoms with Gasteiger partial charge >= 0.3 is 0 Å². The maximum absolute atomic E-state index is 9.50. The average Bonchev–Trinajstić information content (AvgIpc) is 2.17. The second-order valence-electron chi connectivity index (χ2n) is 5.09. The maximum atomic E-state index is 9.50. The van der Waals surface area contributed by atoms with Crippen LogP contribution in [0.25, 0.3) is 0 Å². The highest BCUT2D eigenvalue weighted by Crippen LogP contribution is 2.14. The van der Waals surface area contributed by atoms with Crippen LogP contribution in [0.5, 0.6) is 0 Å². The van der Waals surface area contributed by atoms with Gasteiger partial charge < -0.3 is 15.2 Å². The first-order valence-electron chi connectivity index (χ1n) is 6.13. The predicted molar refractivity (Wildman–Crippen MR) is 62.0 cm³/mol. The molecule has 1 aliphatic heterocycles. The van der Waals surface area contributed by atoms with Crippen LogP contribution in [0.1, 0.15) is 46.0 Å². The molecule has 1 unspecified atom stereocenters. The van der Waals surface area contributed by atoms with Gasteiger partial charge in [0.05, 0.1) is 11.7 Å². The minimum absolute atomic E-state index is 0.466. The van der Waals surface area contributed by atoms with E-state index in [4.69, 9.17) is 4.74 Å². The predicted octanol–water partition coefficient (Wildman–Crippen LogP) is 1.70. The van der Waals surface area contributed by atoms with E-state index in [1.807, 2.05) is 13.8 Å². The highest BCUT2D eigenvalue weighted by atomic mass is 16.5. The molecule has 3 heteroatoms. The Hall–Kier alpha value is -0.120. The van der Waals surface area contributed by atoms with Gasteiger partial charge in [0, 0.05) is 6.61 Å². The number of hydrogen-bond acceptors (Lipinski definition) is 3. The van der Waals surface area contributed by atoms with Crippen LogP contribution in [0, 0.1) is 0 Å². The zero-order valence-corrected chi connectivity index (χ0v) is 10.1. The third-order valence-corrected chi connectivity index (χ3v) is 2.83. The first kappa shape index (κ1) is 12.9. The van der Waals surface area contributed by atoms with E-state index in [0.29, 0.717) is 6.10 Å². The van der Waals surface area contributed by atoms with Crippen LogP contribution in [-0.4, -0.2) is 36.5 Å². The minimum atomic E-state index is -0.547. The van der Waals surface area contributed by atoms with Crippen molar-refractivity contribution < 1.29 is 9.84 Å². The molecular formula is C12H25NO2. The first-order chi connectivity index (χ1) is 7.08. The molecule has 0 radical (unpaired) electrons. The summed E-state index contributed by atoms with van der Waals surface area (Å²) in [5.74, 6) is 0. The van der Waals surface area contributed by atoms with Crippen molar-refractivity contribution in [2.75, 3.05) is 19.7 Å². The summed E-state index contributed by atoms with van der Waals surface area (Å²) in [5, 5.41) is 12.9. The van der Waals surface area contributed by atoms with Crippen LogP contribution >= 0.6 is 0 Å². The number of rotatable bonds is 6. The lowest BCUT2D eigenvalue weighted by Gasteiger charge is -2.23. The third-order valence-electron chi connectivity index (χ3n) is 2.83. The van der Waals surface area contributed by atoms with E-state index in [1.165, 1.54) is 19.3 Å². The minimum Gasteiger partial charge on any atom is -0.390 e. The number of aliphatic hydroxyl groups is 1. The van der Waals surface area contributed by atoms with Gasteiger partial charge in [0.15, 0.2) is 0 Å². The van der Waals surface area contributed by atoms with Gasteiger partial charge in [0.1, 0.15) is 0 Å². The lowest BCUT2D eigenvalue weighted by atomic mass is 10.1. The zero-order valence-electron chi connectivity index (χ0n) is 10.1. The van der Waals surface area contributed by atoms with Crippen molar-refractivity contribution in [2.45, 2.75) is 57.7 Å². The molecule has 90 valence electrons. The highest BCUT2D eigenvalue weighted by molar-refractivity contribution is 4.68. The molecule has 3 nitrogen and oxygen atoms in total. The SMILES string of the molecule is CC(C)(O)CCNCCC1CCCCO1. The molecule has 0 bridgehead atoms. The van der Waals surface area contributed by atoms with E-state index in [-0.39, 0.29) is 0 Å². The van der Waals surface area contributed by atoms with E-state index in [1.54, 1.807) is 0 Å². The lowest BCUT2D eigenvalue weighted by Crippen LogP contribution is -2.29. The van der Waals surface area contributed by atoms with Gasteiger partial charge in [-0.05, 0) is 59.0 Å². The van der Waals surface area contributed by atoms with Gasteiger partial charge in [-0.15, -0.1) is 0 Å². The van der Waals surface area contributed by atoms with Crippen molar-refractivity contribution in [3.8, 4) is 0 Å². The molecule has 1 fully saturated rings. The molecule has 0 aromatic carbocycles. The summed E-state index contributed by atoms with van der Waals surface area (Å²) >= 11 is 0. The van der Waals surface area contributed by atoms with E-state index in [9.17, 15) is 5.11 Å². The Bertz CT molecular complexity index is 159. The van der Waals surface area contributed by atoms with Crippen LogP contribution in [-0.2, 0) is 4.74 Å². The van der Waals surface area contributed by atoms with Crippen LogP contribution in [0.2, 0.25) is 0 Å². The fraction of sp³-hybridized carbons (Fsp3) is 1.00. The quantitative estimate of drug-likeness (QED) is 0.663. The molecular weight excluding hydrogens is 190 g/mol. The van der Waals surface area contributed by atoms with Crippen LogP contribution in [0.4, 0.5) is 0 Å². The molecule has 15 heavy (non-hydrogen) atoms. The van der Waals surface area contributed by atoms with Crippen molar-refractivity contribution in [1.29, 1.82) is 0 Å². The second-order valence-corrected chi connectivity index (χ2v) is 5.09. The standard InChI is InChI=1S/C12H25NO2/c1-12(2,14)7-9-13-8-6-11-5-3-4-10-15-11/h11,13-14H,3-10H2,1-2H3. The van der Waals surface area contributed by atoms with Gasteiger partial charge in [-0.2, -0.15) is 0 Å². The van der Waals surface area contributed by atoms with Crippen molar-refractivity contribution in [2.24, 2.45) is 0 Å². The topological polar surface area (TPSA) is 41.5 Å². The summed E-state index contributed by atoms with van der Waals surface area (Å²) in [6.07, 6.45) is 6.13. The largest absolute Gasteiger partial charge is 0.390 e. The molecule has 2 N–H and O–H groups in total. The Morgan fingerprint density at radius 3 is 2.73 bits per heavy atom. The fourth-order valence-corrected chi connectivity index (χ4v) is 1.82. The summed E-state index contributed by atoms with van der Waals surface area (Å²) in [6.45, 7) is 6.52. The molecule has 1 saturated heterocycles. The Balaban J connectivity index is 1.92. The number of nitrogens with one attached hydrogen (secondary N) is 1. The van der Waals surface area contributed by atoms with Crippen LogP contribution in [0.3, 0.4) is 0 Å². The van der Waals surface area contributed by atoms with E-state index < -0.39 is 5.60 Å². The summed E-state index contributed by atoms with van der Waals surface area (Å²) in [5.41, 5.74) is -0.547. The molecule has 1 heterocycles. The van der Waals surface area contributed by atoms with E-state index >= 15 is 0 Å². The van der Waals surface area contributed by atoms with Gasteiger partial charge in [-0.25, -0.2) is 0 Å². The van der Waals surface area contributed by atoms with Gasteiger partial charge in [-0.1, -0.05) is 0 Å². The molecule has 0 amide bonds. The second kappa shape index (κ2) is 6.46. The first-order valence-corrected chi connectivity index (χ1v) is 6.13. The maximum Gasteiger partial charge on any atom is 0.0603 e. The fourth-order valence-electron chi connectivity index (χ4n) is 1.82. The summed E-state index contributed by atoms with van der Waals surface area (Å²) in [7, 11) is 0. The lowest BCUT2D eigenvalue weighted by molar-refractivity contribution is 0.0112. The molecule has 1 atom stereocenters. The molecule has 0 saturated carbocycles. The molecule has 1 aliphatic rings. The van der Waals surface area contributed by atoms with E-state index in [2.05, 4.69) is 5.32 Å². The number of ether oxygens (including phenoxy) is 1. The molecule has 0 aliphatic carbocycles. The van der Waals surface area contributed by atoms with Crippen molar-refractivity contribution >= 4 is 0 Å². The molecule has 0 spiro atoms. The smallest absolute Gasteiger partial charge is 0.0603 e. The Morgan fingerprint density at radius 2 is 2.13 bits per heavy atom. The van der Waals surface area contributed by atoms with Gasteiger partial charge in [0.25, 0.3) is 0 Å². The zero-order chi connectivity index (χ0) is 11.1. The highest BCUT2D eigenvalue weighted by Gasteiger charge is 2.14. The van der Waals surface area contributed by atoms with Crippen molar-refractivity contribution in [3.63, 3.8) is 0 Å². The van der Waals surface area contributed by atoms with Gasteiger partial charge in [-0.3, -0.25) is 0 Å². The third kappa shape index (κ3) is 6.88. The van der Waals surface area contributed by atoms with Crippen LogP contribution in [0.15, 0.2) is 0 Å². The monoisotopic (exact) mass is 215 g/mol. The van der Waals surface area contributed by atoms with Gasteiger partial charge in [0.2, 0.25) is 0 Å². The summed E-state index contributed by atoms with van der Waals surface area (Å²) < 4.78 is 5.64. The average molecular weight is 215 g/mol. The van der Waals surface area contributed by atoms with Crippen LogP contribution < -0.4 is 5.32 Å². The summed E-state index contributed by atoms with van der Waals surface area (Å²) in [6, 6.07) is 0. The Morgan fingerprint density at radius 1 is 1.33 bits per heavy atom. The van der Waals surface area contributed by atoms with Crippen molar-refractivity contribution in [3.05, 3.63) is 0 Å². The Labute approximate surface area is 93.2 Å². The molecule has 1 rings (SSSR count). The Kier molecular flexibility index (Phi) is 5.58. The van der Waals surface area contributed by atoms with E-state index in [0.717, 1.165) is 32.5 Å². The number of hydrogen-bond donors (Lipinski definition) is 2. The van der Waals surface area contributed by atoms with Crippen molar-refractivity contribution in [1.82, 2.24) is 5.32 Å². The normalized spacial score (nSPS) is 23.0. The summed E-state index contributed by atoms with van der Waals surface area (Å²) in [4.78, 5) is 0. The molecule has 0 aromatic heterocycles. The molecule has 0 aromatic rings.